The Morgan fingerprint density at radius 3 is 1.06 bits per heavy atom. The lowest BCUT2D eigenvalue weighted by Crippen LogP contribution is -2.60. The molecule has 0 bridgehead atoms. The van der Waals surface area contributed by atoms with Crippen LogP contribution in [0.2, 0.25) is 0 Å². The number of nitrogens with one attached hydrogen (secondary N) is 1. The van der Waals surface area contributed by atoms with Gasteiger partial charge in [-0.1, -0.05) is 306 Å². The first-order valence-electron chi connectivity index (χ1n) is 34.4. The molecule has 1 aliphatic heterocycles. The first kappa shape index (κ1) is 75.2. The highest BCUT2D eigenvalue weighted by atomic mass is 16.7. The Labute approximate surface area is 488 Å². The van der Waals surface area contributed by atoms with E-state index < -0.39 is 49.5 Å². The van der Waals surface area contributed by atoms with Gasteiger partial charge in [-0.2, -0.15) is 0 Å². The smallest absolute Gasteiger partial charge is 0.220 e. The van der Waals surface area contributed by atoms with Crippen LogP contribution in [0.25, 0.3) is 0 Å². The number of carbonyl (C=O) groups excluding carboxylic acids is 1. The van der Waals surface area contributed by atoms with Crippen LogP contribution in [0.5, 0.6) is 0 Å². The first-order valence-corrected chi connectivity index (χ1v) is 34.4. The molecule has 0 radical (unpaired) electrons. The van der Waals surface area contributed by atoms with E-state index in [2.05, 4.69) is 55.6 Å². The highest BCUT2D eigenvalue weighted by Gasteiger charge is 2.44. The highest BCUT2D eigenvalue weighted by Crippen LogP contribution is 2.23. The molecule has 0 aromatic rings. The summed E-state index contributed by atoms with van der Waals surface area (Å²) in [5, 5.41) is 54.7. The van der Waals surface area contributed by atoms with Crippen molar-refractivity contribution in [3.63, 3.8) is 0 Å². The predicted molar refractivity (Wildman–Crippen MR) is 336 cm³/mol. The molecule has 9 heteroatoms. The standard InChI is InChI=1S/C70H131NO8/c1-3-5-7-9-11-13-15-17-19-21-23-25-27-28-29-30-31-32-33-34-35-36-38-40-42-44-46-48-50-52-54-56-58-60-66(74)71-63(62-78-70-69(77)68(76)67(75)65(61-72)79-70)64(73)59-57-55-53-51-49-47-45-43-41-39-37-26-24-22-20-18-16-14-12-10-8-6-4-2/h21,23,41,43,49,51,57,59,63-65,67-70,72-73,75-77H,3-20,22,24-40,42,44-48,50,52-56,58,60-62H2,1-2H3,(H,71,74)/b23-21-,43-41+,51-49+,59-57+. The lowest BCUT2D eigenvalue weighted by atomic mass is 9.99. The van der Waals surface area contributed by atoms with E-state index in [1.54, 1.807) is 6.08 Å². The third-order valence-electron chi connectivity index (χ3n) is 16.4. The molecule has 7 unspecified atom stereocenters. The van der Waals surface area contributed by atoms with Crippen molar-refractivity contribution in [2.75, 3.05) is 13.2 Å². The number of aliphatic hydroxyl groups is 5. The predicted octanol–water partition coefficient (Wildman–Crippen LogP) is 18.4. The van der Waals surface area contributed by atoms with Crippen molar-refractivity contribution in [3.05, 3.63) is 48.6 Å². The van der Waals surface area contributed by atoms with Gasteiger partial charge in [-0.15, -0.1) is 0 Å². The molecule has 9 nitrogen and oxygen atoms in total. The zero-order valence-corrected chi connectivity index (χ0v) is 51.9. The molecule has 0 aromatic carbocycles. The molecule has 79 heavy (non-hydrogen) atoms. The number of hydrogen-bond acceptors (Lipinski definition) is 8. The van der Waals surface area contributed by atoms with Crippen LogP contribution in [0.4, 0.5) is 0 Å². The average Bonchev–Trinajstić information content (AvgIpc) is 3.47. The lowest BCUT2D eigenvalue weighted by Gasteiger charge is -2.40. The van der Waals surface area contributed by atoms with E-state index >= 15 is 0 Å². The van der Waals surface area contributed by atoms with Gasteiger partial charge in [-0.3, -0.25) is 4.79 Å². The molecule has 0 spiro atoms. The zero-order valence-electron chi connectivity index (χ0n) is 51.9. The third kappa shape index (κ3) is 48.3. The highest BCUT2D eigenvalue weighted by molar-refractivity contribution is 5.76. The minimum atomic E-state index is -1.58. The molecule has 0 aliphatic carbocycles. The van der Waals surface area contributed by atoms with E-state index in [4.69, 9.17) is 9.47 Å². The van der Waals surface area contributed by atoms with E-state index in [-0.39, 0.29) is 12.5 Å². The number of ether oxygens (including phenoxy) is 2. The molecule has 1 amide bonds. The molecule has 464 valence electrons. The van der Waals surface area contributed by atoms with Gasteiger partial charge in [0.15, 0.2) is 6.29 Å². The number of rotatable bonds is 60. The molecule has 1 rings (SSSR count). The van der Waals surface area contributed by atoms with Crippen LogP contribution in [0.15, 0.2) is 48.6 Å². The maximum atomic E-state index is 13.1. The fourth-order valence-electron chi connectivity index (χ4n) is 11.0. The van der Waals surface area contributed by atoms with Gasteiger partial charge in [0.1, 0.15) is 24.4 Å². The van der Waals surface area contributed by atoms with Crippen LogP contribution in [-0.4, -0.2) is 87.5 Å². The fourth-order valence-corrected chi connectivity index (χ4v) is 11.0. The van der Waals surface area contributed by atoms with Crippen molar-refractivity contribution in [2.45, 2.75) is 378 Å². The number of hydrogen-bond donors (Lipinski definition) is 6. The molecule has 1 saturated heterocycles. The van der Waals surface area contributed by atoms with Crippen LogP contribution in [0.1, 0.15) is 335 Å². The third-order valence-corrected chi connectivity index (χ3v) is 16.4. The maximum Gasteiger partial charge on any atom is 0.220 e. The van der Waals surface area contributed by atoms with Crippen molar-refractivity contribution in [3.8, 4) is 0 Å². The fraction of sp³-hybridized carbons (Fsp3) is 0.871. The van der Waals surface area contributed by atoms with Gasteiger partial charge in [0.25, 0.3) is 0 Å². The minimum absolute atomic E-state index is 0.185. The summed E-state index contributed by atoms with van der Waals surface area (Å²) in [5.74, 6) is -0.185. The molecule has 1 aliphatic rings. The Hall–Kier alpha value is -1.85. The van der Waals surface area contributed by atoms with Gasteiger partial charge in [0.05, 0.1) is 25.4 Å². The van der Waals surface area contributed by atoms with Crippen molar-refractivity contribution in [1.29, 1.82) is 0 Å². The van der Waals surface area contributed by atoms with E-state index in [0.717, 1.165) is 44.9 Å². The van der Waals surface area contributed by atoms with Gasteiger partial charge < -0.3 is 40.3 Å². The Bertz CT molecular complexity index is 1380. The van der Waals surface area contributed by atoms with Crippen molar-refractivity contribution in [2.24, 2.45) is 0 Å². The van der Waals surface area contributed by atoms with Gasteiger partial charge in [0, 0.05) is 6.42 Å². The summed E-state index contributed by atoms with van der Waals surface area (Å²) >= 11 is 0. The van der Waals surface area contributed by atoms with Gasteiger partial charge in [-0.25, -0.2) is 0 Å². The number of unbranched alkanes of at least 4 members (excludes halogenated alkanes) is 44. The van der Waals surface area contributed by atoms with E-state index in [9.17, 15) is 30.3 Å². The van der Waals surface area contributed by atoms with Crippen molar-refractivity contribution < 1.29 is 39.8 Å². The quantitative estimate of drug-likeness (QED) is 0.0261. The Morgan fingerprint density at radius 2 is 0.722 bits per heavy atom. The second kappa shape index (κ2) is 59.3. The summed E-state index contributed by atoms with van der Waals surface area (Å²) in [5.41, 5.74) is 0. The molecule has 0 saturated carbocycles. The topological polar surface area (TPSA) is 149 Å². The summed E-state index contributed by atoms with van der Waals surface area (Å²) in [6, 6.07) is -0.829. The van der Waals surface area contributed by atoms with Crippen LogP contribution < -0.4 is 5.32 Å². The van der Waals surface area contributed by atoms with Crippen LogP contribution in [0, 0.1) is 0 Å². The second-order valence-corrected chi connectivity index (χ2v) is 24.0. The van der Waals surface area contributed by atoms with E-state index in [0.29, 0.717) is 6.42 Å². The molecule has 6 N–H and O–H groups in total. The van der Waals surface area contributed by atoms with Crippen LogP contribution >= 0.6 is 0 Å². The minimum Gasteiger partial charge on any atom is -0.394 e. The number of aliphatic hydroxyl groups excluding tert-OH is 5. The summed E-state index contributed by atoms with van der Waals surface area (Å²) in [7, 11) is 0. The number of carbonyl (C=O) groups is 1. The van der Waals surface area contributed by atoms with Gasteiger partial charge >= 0.3 is 0 Å². The monoisotopic (exact) mass is 1110 g/mol. The average molecular weight is 1110 g/mol. The lowest BCUT2D eigenvalue weighted by molar-refractivity contribution is -0.302. The van der Waals surface area contributed by atoms with Crippen molar-refractivity contribution >= 4 is 5.91 Å². The molecule has 1 heterocycles. The van der Waals surface area contributed by atoms with E-state index in [1.807, 2.05) is 6.08 Å². The van der Waals surface area contributed by atoms with Crippen molar-refractivity contribution in [1.82, 2.24) is 5.32 Å². The molecular weight excluding hydrogens is 983 g/mol. The van der Waals surface area contributed by atoms with Crippen LogP contribution in [0.3, 0.4) is 0 Å². The zero-order chi connectivity index (χ0) is 57.2. The number of allylic oxidation sites excluding steroid dienone is 7. The maximum absolute atomic E-state index is 13.1. The van der Waals surface area contributed by atoms with Gasteiger partial charge in [-0.05, 0) is 70.6 Å². The molecule has 7 atom stereocenters. The number of amides is 1. The van der Waals surface area contributed by atoms with Gasteiger partial charge in [0.2, 0.25) is 5.91 Å². The Balaban J connectivity index is 2.14. The molecular formula is C70H131NO8. The van der Waals surface area contributed by atoms with Crippen LogP contribution in [-0.2, 0) is 14.3 Å². The van der Waals surface area contributed by atoms with E-state index in [1.165, 1.54) is 270 Å². The summed E-state index contributed by atoms with van der Waals surface area (Å²) in [6.45, 7) is 3.80. The molecule has 1 fully saturated rings. The Kier molecular flexibility index (Phi) is 56.4. The first-order chi connectivity index (χ1) is 38.8. The summed E-state index contributed by atoms with van der Waals surface area (Å²) in [4.78, 5) is 13.1. The normalized spacial score (nSPS) is 18.8. The largest absolute Gasteiger partial charge is 0.394 e. The Morgan fingerprint density at radius 1 is 0.418 bits per heavy atom. The SMILES string of the molecule is CCCCCCCCCC/C=C\CCCCCCCCCCCCCCCCCCCCCCCC(=O)NC(COC1OC(CO)C(O)C(O)C1O)C(O)/C=C/CC/C=C/CC/C=C/CCCCCCCCCCCCCCC. The second-order valence-electron chi connectivity index (χ2n) is 24.0. The summed E-state index contributed by atoms with van der Waals surface area (Å²) in [6.07, 6.45) is 73.6. The summed E-state index contributed by atoms with van der Waals surface area (Å²) < 4.78 is 11.3. The molecule has 0 aromatic heterocycles.